The highest BCUT2D eigenvalue weighted by Crippen LogP contribution is 2.27. The van der Waals surface area contributed by atoms with Gasteiger partial charge in [0.05, 0.1) is 16.8 Å². The summed E-state index contributed by atoms with van der Waals surface area (Å²) in [5, 5.41) is 2.30. The van der Waals surface area contributed by atoms with Crippen molar-refractivity contribution in [3.05, 3.63) is 76.1 Å². The van der Waals surface area contributed by atoms with Gasteiger partial charge in [-0.25, -0.2) is 0 Å². The summed E-state index contributed by atoms with van der Waals surface area (Å²) in [4.78, 5) is 17.9. The Labute approximate surface area is 161 Å². The van der Waals surface area contributed by atoms with Gasteiger partial charge in [-0.15, -0.1) is 6.42 Å². The largest absolute Gasteiger partial charge is 0.305 e. The number of carbonyl (C=O) groups is 1. The van der Waals surface area contributed by atoms with Gasteiger partial charge in [0.2, 0.25) is 0 Å². The molecule has 0 aliphatic rings. The van der Waals surface area contributed by atoms with Gasteiger partial charge in [-0.05, 0) is 36.9 Å². The number of benzene rings is 3. The predicted molar refractivity (Wildman–Crippen MR) is 112 cm³/mol. The van der Waals surface area contributed by atoms with Crippen LogP contribution >= 0.6 is 11.3 Å². The predicted octanol–water partition coefficient (Wildman–Crippen LogP) is 4.85. The number of thiazole rings is 1. The van der Waals surface area contributed by atoms with Crippen molar-refractivity contribution in [2.45, 2.75) is 20.4 Å². The van der Waals surface area contributed by atoms with Crippen molar-refractivity contribution in [1.29, 1.82) is 0 Å². The first-order valence-electron chi connectivity index (χ1n) is 8.69. The summed E-state index contributed by atoms with van der Waals surface area (Å²) in [7, 11) is 0. The minimum absolute atomic E-state index is 0.242. The zero-order valence-electron chi connectivity index (χ0n) is 15.2. The van der Waals surface area contributed by atoms with Crippen molar-refractivity contribution in [1.82, 2.24) is 4.57 Å². The van der Waals surface area contributed by atoms with Crippen molar-refractivity contribution < 1.29 is 4.79 Å². The molecule has 0 saturated heterocycles. The fourth-order valence-electron chi connectivity index (χ4n) is 3.33. The Morgan fingerprint density at radius 2 is 1.96 bits per heavy atom. The quantitative estimate of drug-likeness (QED) is 0.465. The third-order valence-electron chi connectivity index (χ3n) is 4.63. The SMILES string of the molecule is C#CCn1c(=NC(=O)c2ccc(C)cc2C)sc2c3ccccc3ccc21. The van der Waals surface area contributed by atoms with E-state index in [1.807, 2.05) is 54.8 Å². The van der Waals surface area contributed by atoms with E-state index in [1.165, 1.54) is 11.3 Å². The van der Waals surface area contributed by atoms with Gasteiger partial charge in [0, 0.05) is 10.9 Å². The number of hydrogen-bond donors (Lipinski definition) is 0. The van der Waals surface area contributed by atoms with E-state index in [0.29, 0.717) is 16.9 Å². The minimum atomic E-state index is -0.242. The molecule has 4 rings (SSSR count). The fraction of sp³-hybridized carbons (Fsp3) is 0.130. The lowest BCUT2D eigenvalue weighted by Crippen LogP contribution is -2.16. The highest BCUT2D eigenvalue weighted by atomic mass is 32.1. The number of terminal acetylenes is 1. The first-order valence-corrected chi connectivity index (χ1v) is 9.51. The number of carbonyl (C=O) groups excluding carboxylic acids is 1. The van der Waals surface area contributed by atoms with E-state index in [2.05, 4.69) is 29.1 Å². The van der Waals surface area contributed by atoms with Crippen molar-refractivity contribution >= 4 is 38.2 Å². The Morgan fingerprint density at radius 3 is 2.74 bits per heavy atom. The van der Waals surface area contributed by atoms with Gasteiger partial charge >= 0.3 is 0 Å². The average molecular weight is 370 g/mol. The molecule has 4 heteroatoms. The van der Waals surface area contributed by atoms with E-state index in [1.54, 1.807) is 0 Å². The Balaban J connectivity index is 1.96. The number of hydrogen-bond acceptors (Lipinski definition) is 2. The minimum Gasteiger partial charge on any atom is -0.305 e. The maximum atomic E-state index is 12.8. The van der Waals surface area contributed by atoms with Crippen LogP contribution in [0.4, 0.5) is 0 Å². The van der Waals surface area contributed by atoms with Crippen LogP contribution in [-0.4, -0.2) is 10.5 Å². The Bertz CT molecular complexity index is 1300. The van der Waals surface area contributed by atoms with Crippen molar-refractivity contribution in [2.75, 3.05) is 0 Å². The van der Waals surface area contributed by atoms with Gasteiger partial charge in [0.1, 0.15) is 0 Å². The second-order valence-corrected chi connectivity index (χ2v) is 7.52. The van der Waals surface area contributed by atoms with Crippen LogP contribution in [-0.2, 0) is 6.54 Å². The Morgan fingerprint density at radius 1 is 1.15 bits per heavy atom. The molecule has 0 aliphatic carbocycles. The molecule has 0 spiro atoms. The van der Waals surface area contributed by atoms with E-state index < -0.39 is 0 Å². The lowest BCUT2D eigenvalue weighted by atomic mass is 10.1. The third kappa shape index (κ3) is 3.07. The van der Waals surface area contributed by atoms with Gasteiger partial charge in [-0.3, -0.25) is 4.79 Å². The van der Waals surface area contributed by atoms with Crippen LogP contribution in [0.2, 0.25) is 0 Å². The van der Waals surface area contributed by atoms with Crippen LogP contribution < -0.4 is 4.80 Å². The number of aryl methyl sites for hydroxylation is 2. The second-order valence-electron chi connectivity index (χ2n) is 6.55. The molecule has 3 nitrogen and oxygen atoms in total. The molecular weight excluding hydrogens is 352 g/mol. The standard InChI is InChI=1S/C23H18N2OS/c1-4-13-25-20-12-10-17-7-5-6-8-19(17)21(20)27-23(25)24-22(26)18-11-9-15(2)14-16(18)3/h1,5-12,14H,13H2,2-3H3. The Hall–Kier alpha value is -3.16. The summed E-state index contributed by atoms with van der Waals surface area (Å²) in [6.45, 7) is 4.32. The number of aromatic nitrogens is 1. The summed E-state index contributed by atoms with van der Waals surface area (Å²) in [5.74, 6) is 2.44. The number of fused-ring (bicyclic) bond motifs is 3. The maximum absolute atomic E-state index is 12.8. The highest BCUT2D eigenvalue weighted by molar-refractivity contribution is 7.17. The summed E-state index contributed by atoms with van der Waals surface area (Å²) < 4.78 is 3.03. The molecule has 3 aromatic carbocycles. The fourth-order valence-corrected chi connectivity index (χ4v) is 4.49. The molecule has 1 amide bonds. The van der Waals surface area contributed by atoms with E-state index >= 15 is 0 Å². The first kappa shape index (κ1) is 17.3. The maximum Gasteiger partial charge on any atom is 0.279 e. The smallest absolute Gasteiger partial charge is 0.279 e. The third-order valence-corrected chi connectivity index (χ3v) is 5.76. The van der Waals surface area contributed by atoms with Gasteiger partial charge in [0.25, 0.3) is 5.91 Å². The molecule has 0 saturated carbocycles. The topological polar surface area (TPSA) is 34.4 Å². The number of nitrogens with zero attached hydrogens (tertiary/aromatic N) is 2. The Kier molecular flexibility index (Phi) is 4.39. The average Bonchev–Trinajstić information content (AvgIpc) is 2.99. The molecule has 0 unspecified atom stereocenters. The molecule has 132 valence electrons. The van der Waals surface area contributed by atoms with E-state index in [4.69, 9.17) is 6.42 Å². The zero-order chi connectivity index (χ0) is 19.0. The second kappa shape index (κ2) is 6.86. The van der Waals surface area contributed by atoms with Crippen LogP contribution in [0.25, 0.3) is 21.0 Å². The molecule has 27 heavy (non-hydrogen) atoms. The van der Waals surface area contributed by atoms with E-state index in [-0.39, 0.29) is 5.91 Å². The van der Waals surface area contributed by atoms with Crippen LogP contribution in [0.3, 0.4) is 0 Å². The first-order chi connectivity index (χ1) is 13.1. The lowest BCUT2D eigenvalue weighted by Gasteiger charge is -2.03. The van der Waals surface area contributed by atoms with E-state index in [0.717, 1.165) is 32.1 Å². The summed E-state index contributed by atoms with van der Waals surface area (Å²) >= 11 is 1.51. The lowest BCUT2D eigenvalue weighted by molar-refractivity contribution is 0.0997. The molecule has 1 heterocycles. The zero-order valence-corrected chi connectivity index (χ0v) is 16.0. The van der Waals surface area contributed by atoms with Gasteiger partial charge in [-0.1, -0.05) is 65.3 Å². The van der Waals surface area contributed by atoms with Crippen LogP contribution in [0.1, 0.15) is 21.5 Å². The van der Waals surface area contributed by atoms with Gasteiger partial charge in [-0.2, -0.15) is 4.99 Å². The molecule has 0 bridgehead atoms. The molecule has 0 aliphatic heterocycles. The molecule has 4 aromatic rings. The molecule has 0 atom stereocenters. The number of rotatable bonds is 2. The molecule has 0 fully saturated rings. The van der Waals surface area contributed by atoms with E-state index in [9.17, 15) is 4.79 Å². The van der Waals surface area contributed by atoms with Crippen molar-refractivity contribution in [3.63, 3.8) is 0 Å². The summed E-state index contributed by atoms with van der Waals surface area (Å²) in [6.07, 6.45) is 5.58. The van der Waals surface area contributed by atoms with Crippen LogP contribution in [0, 0.1) is 26.2 Å². The van der Waals surface area contributed by atoms with Gasteiger partial charge in [0.15, 0.2) is 4.80 Å². The molecule has 1 aromatic heterocycles. The summed E-state index contributed by atoms with van der Waals surface area (Å²) in [6, 6.07) is 18.1. The molecule has 0 radical (unpaired) electrons. The van der Waals surface area contributed by atoms with Crippen molar-refractivity contribution in [3.8, 4) is 12.3 Å². The summed E-state index contributed by atoms with van der Waals surface area (Å²) in [5.41, 5.74) is 3.68. The number of amides is 1. The van der Waals surface area contributed by atoms with Crippen LogP contribution in [0.15, 0.2) is 59.6 Å². The molecular formula is C23H18N2OS. The van der Waals surface area contributed by atoms with Crippen molar-refractivity contribution in [2.24, 2.45) is 4.99 Å². The molecule has 0 N–H and O–H groups in total. The monoisotopic (exact) mass is 370 g/mol. The highest BCUT2D eigenvalue weighted by Gasteiger charge is 2.12. The normalized spacial score (nSPS) is 11.8. The van der Waals surface area contributed by atoms with Crippen LogP contribution in [0.5, 0.6) is 0 Å². The van der Waals surface area contributed by atoms with Gasteiger partial charge < -0.3 is 4.57 Å².